The zero-order valence-corrected chi connectivity index (χ0v) is 11.8. The zero-order chi connectivity index (χ0) is 14.8. The molecule has 1 atom stereocenters. The van der Waals surface area contributed by atoms with Crippen LogP contribution in [0.5, 0.6) is 0 Å². The number of hydrogen-bond acceptors (Lipinski definition) is 4. The highest BCUT2D eigenvalue weighted by Gasteiger charge is 2.16. The second kappa shape index (κ2) is 5.61. The molecular formula is C15H12ClFN4. The summed E-state index contributed by atoms with van der Waals surface area (Å²) < 4.78 is 13.1. The Labute approximate surface area is 126 Å². The van der Waals surface area contributed by atoms with E-state index >= 15 is 0 Å². The van der Waals surface area contributed by atoms with Gasteiger partial charge < -0.3 is 5.73 Å². The molecule has 1 heterocycles. The van der Waals surface area contributed by atoms with Gasteiger partial charge in [-0.2, -0.15) is 0 Å². The van der Waals surface area contributed by atoms with Crippen LogP contribution in [-0.2, 0) is 0 Å². The van der Waals surface area contributed by atoms with Gasteiger partial charge in [0.2, 0.25) is 5.95 Å². The molecule has 1 unspecified atom stereocenters. The summed E-state index contributed by atoms with van der Waals surface area (Å²) in [6.45, 7) is 0. The van der Waals surface area contributed by atoms with Gasteiger partial charge >= 0.3 is 0 Å². The molecule has 0 fully saturated rings. The van der Waals surface area contributed by atoms with Gasteiger partial charge in [0, 0.05) is 11.1 Å². The molecule has 1 aliphatic carbocycles. The maximum absolute atomic E-state index is 13.1. The number of hydrogen-bond donors (Lipinski definition) is 1. The van der Waals surface area contributed by atoms with Crippen molar-refractivity contribution in [3.63, 3.8) is 0 Å². The van der Waals surface area contributed by atoms with Crippen LogP contribution in [-0.4, -0.2) is 20.6 Å². The number of benzene rings is 1. The third-order valence-electron chi connectivity index (χ3n) is 3.11. The molecule has 1 aliphatic rings. The fraction of sp³-hybridized carbons (Fsp3) is 0.133. The number of nitrogens with zero attached hydrogens (tertiary/aromatic N) is 3. The molecule has 0 radical (unpaired) electrons. The van der Waals surface area contributed by atoms with Gasteiger partial charge in [-0.25, -0.2) is 9.37 Å². The molecule has 1 aromatic carbocycles. The van der Waals surface area contributed by atoms with Crippen molar-refractivity contribution >= 4 is 23.1 Å². The van der Waals surface area contributed by atoms with Gasteiger partial charge in [-0.05, 0) is 30.7 Å². The molecule has 21 heavy (non-hydrogen) atoms. The van der Waals surface area contributed by atoms with Crippen LogP contribution in [0.3, 0.4) is 0 Å². The Kier molecular flexibility index (Phi) is 3.66. The summed E-state index contributed by atoms with van der Waals surface area (Å²) in [5.41, 5.74) is 8.32. The predicted molar refractivity (Wildman–Crippen MR) is 81.0 cm³/mol. The lowest BCUT2D eigenvalue weighted by atomic mass is 9.99. The van der Waals surface area contributed by atoms with Gasteiger partial charge in [-0.3, -0.25) is 0 Å². The average molecular weight is 303 g/mol. The molecule has 2 aromatic rings. The standard InChI is InChI=1S/C15H12ClFN4/c16-11-3-1-2-10(8-11)14-13(19-15(18)21-20-14)9-4-6-12(17)7-5-9/h1-2,4-8,11H,3H2,(H2,18,19,21). The first-order valence-electron chi connectivity index (χ1n) is 6.42. The Hall–Kier alpha value is -2.27. The fourth-order valence-electron chi connectivity index (χ4n) is 2.14. The number of nitrogen functional groups attached to an aromatic ring is 1. The normalized spacial score (nSPS) is 17.6. The molecule has 6 heteroatoms. The summed E-state index contributed by atoms with van der Waals surface area (Å²) in [7, 11) is 0. The second-order valence-electron chi connectivity index (χ2n) is 4.65. The number of nitrogens with two attached hydrogens (primary N) is 1. The van der Waals surface area contributed by atoms with E-state index in [2.05, 4.69) is 15.2 Å². The predicted octanol–water partition coefficient (Wildman–Crippen LogP) is 3.21. The Balaban J connectivity index is 2.13. The number of aromatic nitrogens is 3. The fourth-order valence-corrected chi connectivity index (χ4v) is 2.38. The third-order valence-corrected chi connectivity index (χ3v) is 3.42. The molecule has 0 aliphatic heterocycles. The van der Waals surface area contributed by atoms with Crippen molar-refractivity contribution in [2.45, 2.75) is 11.8 Å². The molecule has 0 saturated heterocycles. The molecule has 0 amide bonds. The van der Waals surface area contributed by atoms with Crippen molar-refractivity contribution in [2.75, 3.05) is 5.73 Å². The first kappa shape index (κ1) is 13.7. The van der Waals surface area contributed by atoms with Gasteiger partial charge in [-0.1, -0.05) is 18.2 Å². The van der Waals surface area contributed by atoms with Crippen LogP contribution < -0.4 is 5.73 Å². The smallest absolute Gasteiger partial charge is 0.240 e. The number of rotatable bonds is 2. The SMILES string of the molecule is Nc1nnc(C2=CC(Cl)CC=C2)c(-c2ccc(F)cc2)n1. The van der Waals surface area contributed by atoms with Crippen LogP contribution in [0.15, 0.2) is 42.5 Å². The molecule has 106 valence electrons. The van der Waals surface area contributed by atoms with Gasteiger partial charge in [0.1, 0.15) is 17.2 Å². The third kappa shape index (κ3) is 2.92. The minimum atomic E-state index is -0.312. The van der Waals surface area contributed by atoms with E-state index in [1.165, 1.54) is 12.1 Å². The topological polar surface area (TPSA) is 64.7 Å². The Morgan fingerprint density at radius 2 is 1.90 bits per heavy atom. The second-order valence-corrected chi connectivity index (χ2v) is 5.21. The number of halogens is 2. The molecule has 0 saturated carbocycles. The Morgan fingerprint density at radius 3 is 2.62 bits per heavy atom. The van der Waals surface area contributed by atoms with E-state index in [0.717, 1.165) is 17.6 Å². The van der Waals surface area contributed by atoms with Crippen molar-refractivity contribution in [3.05, 3.63) is 54.0 Å². The summed E-state index contributed by atoms with van der Waals surface area (Å²) in [5.74, 6) is -0.242. The lowest BCUT2D eigenvalue weighted by Crippen LogP contribution is -2.06. The number of alkyl halides is 1. The highest BCUT2D eigenvalue weighted by Crippen LogP contribution is 2.29. The van der Waals surface area contributed by atoms with E-state index in [4.69, 9.17) is 17.3 Å². The minimum Gasteiger partial charge on any atom is -0.366 e. The van der Waals surface area contributed by atoms with E-state index < -0.39 is 0 Å². The maximum Gasteiger partial charge on any atom is 0.240 e. The lowest BCUT2D eigenvalue weighted by molar-refractivity contribution is 0.628. The van der Waals surface area contributed by atoms with Crippen LogP contribution in [0, 0.1) is 5.82 Å². The Morgan fingerprint density at radius 1 is 1.14 bits per heavy atom. The van der Waals surface area contributed by atoms with Gasteiger partial charge in [0.05, 0.1) is 5.38 Å². The largest absolute Gasteiger partial charge is 0.366 e. The molecular weight excluding hydrogens is 291 g/mol. The quantitative estimate of drug-likeness (QED) is 0.865. The Bertz CT molecular complexity index is 725. The van der Waals surface area contributed by atoms with Crippen LogP contribution in [0.4, 0.5) is 10.3 Å². The maximum atomic E-state index is 13.1. The summed E-state index contributed by atoms with van der Waals surface area (Å²) in [6, 6.07) is 6.00. The van der Waals surface area contributed by atoms with Crippen molar-refractivity contribution in [2.24, 2.45) is 0 Å². The van der Waals surface area contributed by atoms with Crippen molar-refractivity contribution in [1.29, 1.82) is 0 Å². The highest BCUT2D eigenvalue weighted by molar-refractivity contribution is 6.22. The average Bonchev–Trinajstić information content (AvgIpc) is 2.48. The van der Waals surface area contributed by atoms with Crippen molar-refractivity contribution in [3.8, 4) is 11.3 Å². The summed E-state index contributed by atoms with van der Waals surface area (Å²) in [4.78, 5) is 4.24. The van der Waals surface area contributed by atoms with Crippen molar-refractivity contribution < 1.29 is 4.39 Å². The van der Waals surface area contributed by atoms with Crippen LogP contribution >= 0.6 is 11.6 Å². The first-order chi connectivity index (χ1) is 10.1. The monoisotopic (exact) mass is 302 g/mol. The zero-order valence-electron chi connectivity index (χ0n) is 11.0. The van der Waals surface area contributed by atoms with Crippen LogP contribution in [0.25, 0.3) is 16.8 Å². The van der Waals surface area contributed by atoms with E-state index in [1.807, 2.05) is 18.2 Å². The van der Waals surface area contributed by atoms with Crippen LogP contribution in [0.2, 0.25) is 0 Å². The van der Waals surface area contributed by atoms with Crippen LogP contribution in [0.1, 0.15) is 12.1 Å². The highest BCUT2D eigenvalue weighted by atomic mass is 35.5. The summed E-state index contributed by atoms with van der Waals surface area (Å²) in [6.07, 6.45) is 6.57. The molecule has 0 bridgehead atoms. The summed E-state index contributed by atoms with van der Waals surface area (Å²) in [5, 5.41) is 7.84. The van der Waals surface area contributed by atoms with E-state index in [0.29, 0.717) is 11.4 Å². The summed E-state index contributed by atoms with van der Waals surface area (Å²) >= 11 is 6.14. The number of anilines is 1. The van der Waals surface area contributed by atoms with Crippen molar-refractivity contribution in [1.82, 2.24) is 15.2 Å². The van der Waals surface area contributed by atoms with Gasteiger partial charge in [0.15, 0.2) is 0 Å². The van der Waals surface area contributed by atoms with E-state index in [-0.39, 0.29) is 17.1 Å². The minimum absolute atomic E-state index is 0.0703. The first-order valence-corrected chi connectivity index (χ1v) is 6.86. The van der Waals surface area contributed by atoms with E-state index in [9.17, 15) is 4.39 Å². The van der Waals surface area contributed by atoms with E-state index in [1.54, 1.807) is 12.1 Å². The molecule has 0 spiro atoms. The number of allylic oxidation sites excluding steroid dienone is 4. The van der Waals surface area contributed by atoms with Gasteiger partial charge in [-0.15, -0.1) is 21.8 Å². The lowest BCUT2D eigenvalue weighted by Gasteiger charge is -2.13. The molecule has 3 rings (SSSR count). The molecule has 1 aromatic heterocycles. The molecule has 4 nitrogen and oxygen atoms in total. The molecule has 2 N–H and O–H groups in total. The van der Waals surface area contributed by atoms with Gasteiger partial charge in [0.25, 0.3) is 0 Å².